The van der Waals surface area contributed by atoms with Crippen LogP contribution < -0.4 is 5.32 Å². The number of aliphatic hydroxyl groups excluding tert-OH is 11. The van der Waals surface area contributed by atoms with Gasteiger partial charge in [-0.2, -0.15) is 0 Å². The van der Waals surface area contributed by atoms with E-state index >= 15 is 0 Å². The zero-order chi connectivity index (χ0) is 68.2. The van der Waals surface area contributed by atoms with Crippen molar-refractivity contribution in [3.63, 3.8) is 0 Å². The van der Waals surface area contributed by atoms with Gasteiger partial charge in [-0.25, -0.2) is 0 Å². The Morgan fingerprint density at radius 3 is 1.15 bits per heavy atom. The van der Waals surface area contributed by atoms with Gasteiger partial charge in [0.25, 0.3) is 0 Å². The monoisotopic (exact) mass is 1330 g/mol. The average Bonchev–Trinajstić information content (AvgIpc) is 0.794. The number of hydrogen-bond acceptors (Lipinski definition) is 18. The maximum absolute atomic E-state index is 13.4. The number of unbranched alkanes of at least 4 members (excludes halogenated alkanes) is 22. The fourth-order valence-electron chi connectivity index (χ4n) is 11.5. The Balaban J connectivity index is 1.34. The first-order valence-corrected chi connectivity index (χ1v) is 36.1. The van der Waals surface area contributed by atoms with Crippen LogP contribution in [0.3, 0.4) is 0 Å². The summed E-state index contributed by atoms with van der Waals surface area (Å²) < 4.78 is 34.3. The lowest BCUT2D eigenvalue weighted by molar-refractivity contribution is -0.379. The van der Waals surface area contributed by atoms with E-state index in [1.54, 1.807) is 6.08 Å². The van der Waals surface area contributed by atoms with Crippen LogP contribution in [-0.2, 0) is 33.2 Å². The zero-order valence-corrected chi connectivity index (χ0v) is 57.1. The van der Waals surface area contributed by atoms with Crippen LogP contribution in [-0.4, -0.2) is 193 Å². The molecule has 0 aromatic rings. The minimum Gasteiger partial charge on any atom is -0.394 e. The highest BCUT2D eigenvalue weighted by atomic mass is 16.8. The summed E-state index contributed by atoms with van der Waals surface area (Å²) in [5.41, 5.74) is 0. The fraction of sp³-hybridized carbons (Fsp3) is 0.747. The van der Waals surface area contributed by atoms with Crippen LogP contribution in [0.15, 0.2) is 109 Å². The second kappa shape index (κ2) is 55.3. The number of allylic oxidation sites excluding steroid dienone is 17. The van der Waals surface area contributed by atoms with Crippen molar-refractivity contribution in [1.82, 2.24) is 5.32 Å². The van der Waals surface area contributed by atoms with Crippen LogP contribution in [0.25, 0.3) is 0 Å². The quantitative estimate of drug-likeness (QED) is 0.0199. The molecule has 0 radical (unpaired) electrons. The molecule has 0 bridgehead atoms. The molecule has 3 aliphatic rings. The normalized spacial score (nSPS) is 28.0. The largest absolute Gasteiger partial charge is 0.394 e. The Bertz CT molecular complexity index is 2130. The van der Waals surface area contributed by atoms with E-state index in [-0.39, 0.29) is 18.9 Å². The van der Waals surface area contributed by atoms with Gasteiger partial charge in [0, 0.05) is 6.42 Å². The Morgan fingerprint density at radius 2 is 0.734 bits per heavy atom. The average molecular weight is 1330 g/mol. The van der Waals surface area contributed by atoms with Crippen molar-refractivity contribution >= 4 is 5.91 Å². The molecule has 3 fully saturated rings. The van der Waals surface area contributed by atoms with Crippen LogP contribution in [0.5, 0.6) is 0 Å². The highest BCUT2D eigenvalue weighted by Crippen LogP contribution is 2.33. The van der Waals surface area contributed by atoms with Gasteiger partial charge in [-0.15, -0.1) is 0 Å². The first kappa shape index (κ1) is 84.7. The van der Waals surface area contributed by atoms with Gasteiger partial charge in [0.2, 0.25) is 5.91 Å². The molecule has 1 amide bonds. The molecule has 17 atom stereocenters. The standard InChI is InChI=1S/C75H127NO18/c1-3-5-7-9-11-13-15-17-18-19-20-21-22-23-24-25-26-27-28-29-30-31-32-33-34-35-36-37-38-39-40-41-43-45-47-49-51-53-63(81)76-58(59(80)52-50-48-46-44-42-16-14-12-10-8-6-4-2)57-89-73-69(87)66(84)71(61(55-78)91-73)94-75-70(88)67(85)72(62(56-79)92-75)93-74-68(86)65(83)64(82)60(54-77)90-74/h5,7,11,13,17-18,20-21,23-24,26-27,29-30,32-33,50,52,58-62,64-75,77-80,82-88H,3-4,6,8-10,12,14-16,19,22,25,28,31,34-49,51,53-57H2,1-2H3,(H,76,81)/b7-5-,13-11-,18-17-,21-20-,24-23-,27-26-,30-29-,33-32-,52-50+. The first-order valence-electron chi connectivity index (χ1n) is 36.1. The van der Waals surface area contributed by atoms with Crippen LogP contribution >= 0.6 is 0 Å². The number of aliphatic hydroxyl groups is 11. The number of nitrogens with one attached hydrogen (secondary N) is 1. The molecule has 540 valence electrons. The molecule has 0 spiro atoms. The number of hydrogen-bond donors (Lipinski definition) is 12. The summed E-state index contributed by atoms with van der Waals surface area (Å²) in [5.74, 6) is -0.283. The van der Waals surface area contributed by atoms with Crippen LogP contribution in [0, 0.1) is 0 Å². The molecular weight excluding hydrogens is 1200 g/mol. The summed E-state index contributed by atoms with van der Waals surface area (Å²) in [7, 11) is 0. The molecular formula is C75H127NO18. The van der Waals surface area contributed by atoms with E-state index < -0.39 is 124 Å². The summed E-state index contributed by atoms with van der Waals surface area (Å²) in [4.78, 5) is 13.4. The Kier molecular flexibility index (Phi) is 49.9. The number of ether oxygens (including phenoxy) is 6. The third kappa shape index (κ3) is 36.3. The van der Waals surface area contributed by atoms with Gasteiger partial charge in [-0.3, -0.25) is 4.79 Å². The van der Waals surface area contributed by atoms with Gasteiger partial charge in [0.05, 0.1) is 38.6 Å². The molecule has 12 N–H and O–H groups in total. The molecule has 17 unspecified atom stereocenters. The highest BCUT2D eigenvalue weighted by molar-refractivity contribution is 5.76. The van der Waals surface area contributed by atoms with Gasteiger partial charge in [-0.05, 0) is 83.5 Å². The molecule has 0 aromatic carbocycles. The van der Waals surface area contributed by atoms with Crippen molar-refractivity contribution < 1.29 is 89.4 Å². The van der Waals surface area contributed by atoms with E-state index in [4.69, 9.17) is 28.4 Å². The van der Waals surface area contributed by atoms with E-state index in [1.165, 1.54) is 89.9 Å². The lowest BCUT2D eigenvalue weighted by Crippen LogP contribution is -2.66. The van der Waals surface area contributed by atoms with Crippen molar-refractivity contribution in [1.29, 1.82) is 0 Å². The van der Waals surface area contributed by atoms with E-state index in [0.29, 0.717) is 6.42 Å². The lowest BCUT2D eigenvalue weighted by atomic mass is 9.96. The fourth-order valence-corrected chi connectivity index (χ4v) is 11.5. The number of carbonyl (C=O) groups is 1. The smallest absolute Gasteiger partial charge is 0.220 e. The molecule has 94 heavy (non-hydrogen) atoms. The van der Waals surface area contributed by atoms with Crippen molar-refractivity contribution in [2.45, 2.75) is 330 Å². The van der Waals surface area contributed by atoms with E-state index in [2.05, 4.69) is 116 Å². The maximum atomic E-state index is 13.4. The minimum atomic E-state index is -1.98. The van der Waals surface area contributed by atoms with Crippen LogP contribution in [0.4, 0.5) is 0 Å². The zero-order valence-electron chi connectivity index (χ0n) is 57.1. The van der Waals surface area contributed by atoms with E-state index in [9.17, 15) is 61.0 Å². The van der Waals surface area contributed by atoms with Crippen molar-refractivity contribution in [2.75, 3.05) is 26.4 Å². The molecule has 3 saturated heterocycles. The first-order chi connectivity index (χ1) is 45.8. The Hall–Kier alpha value is -3.55. The topological polar surface area (TPSA) is 307 Å². The summed E-state index contributed by atoms with van der Waals surface area (Å²) in [5, 5.41) is 120. The van der Waals surface area contributed by atoms with Gasteiger partial charge < -0.3 is 89.9 Å². The molecule has 0 saturated carbocycles. The van der Waals surface area contributed by atoms with Crippen molar-refractivity contribution in [3.05, 3.63) is 109 Å². The SMILES string of the molecule is CC/C=C\C/C=C\C/C=C\C/C=C\C/C=C\C/C=C\C/C=C\C/C=C\CCCCCCCCCCCCCCC(=O)NC(COC1OC(CO)C(OC2OC(CO)C(OC3OC(CO)C(O)C(O)C3O)C(O)C2O)C(O)C1O)C(O)/C=C/CCCCCCCCCCCC. The molecule has 0 aromatic heterocycles. The second-order valence-electron chi connectivity index (χ2n) is 25.3. The molecule has 0 aliphatic carbocycles. The third-order valence-corrected chi connectivity index (χ3v) is 17.3. The van der Waals surface area contributed by atoms with E-state index in [0.717, 1.165) is 109 Å². The molecule has 3 aliphatic heterocycles. The minimum absolute atomic E-state index is 0.235. The number of rotatable bonds is 54. The Labute approximate surface area is 564 Å². The molecule has 19 heteroatoms. The van der Waals surface area contributed by atoms with Gasteiger partial charge in [-0.1, -0.05) is 245 Å². The van der Waals surface area contributed by atoms with Crippen molar-refractivity contribution in [2.24, 2.45) is 0 Å². The maximum Gasteiger partial charge on any atom is 0.220 e. The van der Waals surface area contributed by atoms with Gasteiger partial charge >= 0.3 is 0 Å². The number of carbonyl (C=O) groups excluding carboxylic acids is 1. The van der Waals surface area contributed by atoms with Crippen LogP contribution in [0.1, 0.15) is 226 Å². The third-order valence-electron chi connectivity index (χ3n) is 17.3. The lowest BCUT2D eigenvalue weighted by Gasteiger charge is -2.48. The Morgan fingerprint density at radius 1 is 0.394 bits per heavy atom. The highest BCUT2D eigenvalue weighted by Gasteiger charge is 2.53. The number of amides is 1. The molecule has 3 rings (SSSR count). The summed E-state index contributed by atoms with van der Waals surface area (Å²) in [6.45, 7) is 1.59. The van der Waals surface area contributed by atoms with Gasteiger partial charge in [0.15, 0.2) is 18.9 Å². The summed E-state index contributed by atoms with van der Waals surface area (Å²) in [6, 6.07) is -0.979. The van der Waals surface area contributed by atoms with Crippen molar-refractivity contribution in [3.8, 4) is 0 Å². The predicted octanol–water partition coefficient (Wildman–Crippen LogP) is 10.2. The molecule has 19 nitrogen and oxygen atoms in total. The van der Waals surface area contributed by atoms with Gasteiger partial charge in [0.1, 0.15) is 73.2 Å². The predicted molar refractivity (Wildman–Crippen MR) is 369 cm³/mol. The second-order valence-corrected chi connectivity index (χ2v) is 25.3. The van der Waals surface area contributed by atoms with E-state index in [1.807, 2.05) is 6.08 Å². The summed E-state index contributed by atoms with van der Waals surface area (Å²) in [6.07, 6.45) is 47.9. The van der Waals surface area contributed by atoms with Crippen LogP contribution in [0.2, 0.25) is 0 Å². The summed E-state index contributed by atoms with van der Waals surface area (Å²) >= 11 is 0. The molecule has 3 heterocycles.